The van der Waals surface area contributed by atoms with Crippen molar-refractivity contribution in [2.24, 2.45) is 0 Å². The van der Waals surface area contributed by atoms with Gasteiger partial charge in [0.25, 0.3) is 17.7 Å². The number of para-hydroxylation sites is 1. The maximum atomic E-state index is 13.0. The lowest BCUT2D eigenvalue weighted by atomic mass is 10.1. The summed E-state index contributed by atoms with van der Waals surface area (Å²) in [6.07, 6.45) is 1.41. The van der Waals surface area contributed by atoms with E-state index in [0.29, 0.717) is 29.9 Å². The van der Waals surface area contributed by atoms with Gasteiger partial charge >= 0.3 is 0 Å². The number of carbonyl (C=O) groups is 3. The van der Waals surface area contributed by atoms with Crippen LogP contribution in [-0.2, 0) is 22.4 Å². The molecule has 0 saturated carbocycles. The zero-order valence-electron chi connectivity index (χ0n) is 18.7. The minimum atomic E-state index is -0.565. The van der Waals surface area contributed by atoms with Crippen molar-refractivity contribution < 1.29 is 14.4 Å². The molecule has 2 N–H and O–H groups in total. The Kier molecular flexibility index (Phi) is 7.09. The van der Waals surface area contributed by atoms with Gasteiger partial charge in [0.2, 0.25) is 0 Å². The van der Waals surface area contributed by atoms with Crippen LogP contribution in [0.4, 0.5) is 11.4 Å². The number of amides is 3. The van der Waals surface area contributed by atoms with Crippen LogP contribution in [0, 0.1) is 0 Å². The van der Waals surface area contributed by atoms with Gasteiger partial charge < -0.3 is 10.6 Å². The summed E-state index contributed by atoms with van der Waals surface area (Å²) in [4.78, 5) is 39.3. The lowest BCUT2D eigenvalue weighted by molar-refractivity contribution is -0.120. The Bertz CT molecular complexity index is 1250. The summed E-state index contributed by atoms with van der Waals surface area (Å²) in [6.45, 7) is 2.48. The molecule has 0 aromatic heterocycles. The summed E-state index contributed by atoms with van der Waals surface area (Å²) in [7, 11) is 0. The van der Waals surface area contributed by atoms with Crippen molar-refractivity contribution in [3.05, 3.63) is 106 Å². The van der Waals surface area contributed by atoms with E-state index in [4.69, 9.17) is 11.6 Å². The highest BCUT2D eigenvalue weighted by molar-refractivity contribution is 6.53. The monoisotopic (exact) mass is 473 g/mol. The van der Waals surface area contributed by atoms with Crippen LogP contribution < -0.4 is 15.5 Å². The van der Waals surface area contributed by atoms with Gasteiger partial charge in [-0.05, 0) is 54.3 Å². The number of nitrogens with zero attached hydrogens (tertiary/aromatic N) is 1. The van der Waals surface area contributed by atoms with Gasteiger partial charge in [0, 0.05) is 17.8 Å². The Morgan fingerprint density at radius 2 is 1.56 bits per heavy atom. The number of benzene rings is 3. The third-order valence-corrected chi connectivity index (χ3v) is 5.95. The van der Waals surface area contributed by atoms with Crippen molar-refractivity contribution in [1.82, 2.24) is 5.32 Å². The number of halogens is 1. The molecular formula is C27H24ClN3O3. The molecule has 1 heterocycles. The number of imide groups is 1. The molecule has 34 heavy (non-hydrogen) atoms. The van der Waals surface area contributed by atoms with Crippen LogP contribution in [0.1, 0.15) is 28.4 Å². The molecule has 3 aromatic carbocycles. The number of hydrogen-bond donors (Lipinski definition) is 2. The maximum Gasteiger partial charge on any atom is 0.283 e. The fourth-order valence-corrected chi connectivity index (χ4v) is 3.99. The molecule has 1 aliphatic heterocycles. The molecule has 0 atom stereocenters. The van der Waals surface area contributed by atoms with Crippen LogP contribution >= 0.6 is 11.6 Å². The first kappa shape index (κ1) is 23.3. The molecule has 0 aliphatic carbocycles. The van der Waals surface area contributed by atoms with Gasteiger partial charge in [0.1, 0.15) is 10.7 Å². The Labute approximate surface area is 203 Å². The standard InChI is InChI=1S/C27H24ClN3O3/c1-2-19-10-6-7-11-22(19)31-26(33)23(28)24(27(31)34)30-21-14-12-20(13-15-21)25(32)29-17-16-18-8-4-3-5-9-18/h3-15,30H,2,16-17H2,1H3,(H,29,32). The molecule has 3 aromatic rings. The van der Waals surface area contributed by atoms with Crippen LogP contribution in [-0.4, -0.2) is 24.3 Å². The van der Waals surface area contributed by atoms with E-state index in [-0.39, 0.29) is 16.6 Å². The van der Waals surface area contributed by atoms with E-state index >= 15 is 0 Å². The van der Waals surface area contributed by atoms with Gasteiger partial charge in [-0.15, -0.1) is 0 Å². The van der Waals surface area contributed by atoms with Crippen molar-refractivity contribution in [3.63, 3.8) is 0 Å². The van der Waals surface area contributed by atoms with E-state index in [1.807, 2.05) is 49.4 Å². The normalized spacial score (nSPS) is 13.4. The minimum absolute atomic E-state index is 0.0117. The summed E-state index contributed by atoms with van der Waals surface area (Å²) >= 11 is 6.24. The van der Waals surface area contributed by atoms with Crippen molar-refractivity contribution in [1.29, 1.82) is 0 Å². The fraction of sp³-hybridized carbons (Fsp3) is 0.148. The number of nitrogens with one attached hydrogen (secondary N) is 2. The Morgan fingerprint density at radius 3 is 2.26 bits per heavy atom. The molecular weight excluding hydrogens is 450 g/mol. The fourth-order valence-electron chi connectivity index (χ4n) is 3.77. The number of rotatable bonds is 8. The van der Waals surface area contributed by atoms with E-state index in [1.54, 1.807) is 36.4 Å². The average molecular weight is 474 g/mol. The van der Waals surface area contributed by atoms with Gasteiger partial charge in [0.05, 0.1) is 5.69 Å². The first-order valence-electron chi connectivity index (χ1n) is 11.0. The predicted molar refractivity (Wildman–Crippen MR) is 134 cm³/mol. The number of hydrogen-bond acceptors (Lipinski definition) is 4. The molecule has 0 bridgehead atoms. The lowest BCUT2D eigenvalue weighted by Gasteiger charge is -2.18. The quantitative estimate of drug-likeness (QED) is 0.466. The molecule has 0 unspecified atom stereocenters. The number of anilines is 2. The van der Waals surface area contributed by atoms with Crippen molar-refractivity contribution >= 4 is 40.7 Å². The minimum Gasteiger partial charge on any atom is -0.352 e. The zero-order chi connectivity index (χ0) is 24.1. The summed E-state index contributed by atoms with van der Waals surface area (Å²) < 4.78 is 0. The Morgan fingerprint density at radius 1 is 0.882 bits per heavy atom. The molecule has 7 heteroatoms. The number of carbonyl (C=O) groups excluding carboxylic acids is 3. The maximum absolute atomic E-state index is 13.0. The van der Waals surface area contributed by atoms with Crippen LogP contribution in [0.15, 0.2) is 89.6 Å². The highest BCUT2D eigenvalue weighted by Gasteiger charge is 2.39. The molecule has 0 fully saturated rings. The zero-order valence-corrected chi connectivity index (χ0v) is 19.4. The Balaban J connectivity index is 1.41. The van der Waals surface area contributed by atoms with Gasteiger partial charge in [0.15, 0.2) is 0 Å². The van der Waals surface area contributed by atoms with E-state index < -0.39 is 11.8 Å². The second kappa shape index (κ2) is 10.4. The SMILES string of the molecule is CCc1ccccc1N1C(=O)C(Cl)=C(Nc2ccc(C(=O)NCCc3ccccc3)cc2)C1=O. The smallest absolute Gasteiger partial charge is 0.283 e. The van der Waals surface area contributed by atoms with Gasteiger partial charge in [-0.3, -0.25) is 14.4 Å². The topological polar surface area (TPSA) is 78.5 Å². The summed E-state index contributed by atoms with van der Waals surface area (Å²) in [5.74, 6) is -1.27. The van der Waals surface area contributed by atoms with E-state index in [1.165, 1.54) is 0 Å². The average Bonchev–Trinajstić information content (AvgIpc) is 3.08. The van der Waals surface area contributed by atoms with Gasteiger partial charge in [-0.25, -0.2) is 4.90 Å². The van der Waals surface area contributed by atoms with Crippen LogP contribution in [0.3, 0.4) is 0 Å². The molecule has 0 spiro atoms. The second-order valence-corrected chi connectivity index (χ2v) is 8.19. The Hall–Kier alpha value is -3.90. The highest BCUT2D eigenvalue weighted by atomic mass is 35.5. The third kappa shape index (κ3) is 4.87. The molecule has 1 aliphatic rings. The summed E-state index contributed by atoms with van der Waals surface area (Å²) in [6, 6.07) is 23.8. The first-order chi connectivity index (χ1) is 16.5. The van der Waals surface area contributed by atoms with Crippen molar-refractivity contribution in [2.75, 3.05) is 16.8 Å². The van der Waals surface area contributed by atoms with Gasteiger partial charge in [-0.1, -0.05) is 67.1 Å². The van der Waals surface area contributed by atoms with Crippen molar-refractivity contribution in [3.8, 4) is 0 Å². The van der Waals surface area contributed by atoms with Crippen LogP contribution in [0.25, 0.3) is 0 Å². The number of aryl methyl sites for hydroxylation is 1. The molecule has 6 nitrogen and oxygen atoms in total. The molecule has 4 rings (SSSR count). The van der Waals surface area contributed by atoms with E-state index in [0.717, 1.165) is 22.4 Å². The van der Waals surface area contributed by atoms with Crippen molar-refractivity contribution in [2.45, 2.75) is 19.8 Å². The molecule has 0 saturated heterocycles. The largest absolute Gasteiger partial charge is 0.352 e. The second-order valence-electron chi connectivity index (χ2n) is 7.81. The molecule has 3 amide bonds. The highest BCUT2D eigenvalue weighted by Crippen LogP contribution is 2.32. The third-order valence-electron chi connectivity index (χ3n) is 5.60. The summed E-state index contributed by atoms with van der Waals surface area (Å²) in [5, 5.41) is 5.67. The molecule has 172 valence electrons. The molecule has 0 radical (unpaired) electrons. The first-order valence-corrected chi connectivity index (χ1v) is 11.4. The lowest BCUT2D eigenvalue weighted by Crippen LogP contribution is -2.33. The summed E-state index contributed by atoms with van der Waals surface area (Å²) in [5.41, 5.74) is 3.60. The van der Waals surface area contributed by atoms with E-state index in [2.05, 4.69) is 10.6 Å². The predicted octanol–water partition coefficient (Wildman–Crippen LogP) is 4.66. The van der Waals surface area contributed by atoms with Gasteiger partial charge in [-0.2, -0.15) is 0 Å². The van der Waals surface area contributed by atoms with E-state index in [9.17, 15) is 14.4 Å². The van der Waals surface area contributed by atoms with Crippen LogP contribution in [0.2, 0.25) is 0 Å². The van der Waals surface area contributed by atoms with Crippen LogP contribution in [0.5, 0.6) is 0 Å².